The predicted octanol–water partition coefficient (Wildman–Crippen LogP) is 4.32. The van der Waals surface area contributed by atoms with E-state index in [0.717, 1.165) is 0 Å². The molecule has 0 aromatic carbocycles. The lowest BCUT2D eigenvalue weighted by atomic mass is 10.1. The van der Waals surface area contributed by atoms with Gasteiger partial charge in [0, 0.05) is 5.56 Å². The number of hydrogen-bond donors (Lipinski definition) is 0. The quantitative estimate of drug-likeness (QED) is 0.450. The fourth-order valence-electron chi connectivity index (χ4n) is 1.13. The van der Waals surface area contributed by atoms with Crippen LogP contribution in [0.25, 0.3) is 9.69 Å². The molecule has 0 amide bonds. The van der Waals surface area contributed by atoms with Crippen LogP contribution in [0.1, 0.15) is 15.2 Å². The smallest absolute Gasteiger partial charge is 0.297 e. The minimum absolute atomic E-state index is 0.138. The van der Waals surface area contributed by atoms with Crippen LogP contribution in [0.15, 0.2) is 0 Å². The van der Waals surface area contributed by atoms with Gasteiger partial charge in [0.05, 0.1) is 18.0 Å². The van der Waals surface area contributed by atoms with E-state index in [1.54, 1.807) is 0 Å². The maximum atomic E-state index is 13.2. The molecule has 9 heteroatoms. The van der Waals surface area contributed by atoms with E-state index in [1.807, 2.05) is 0 Å². The van der Waals surface area contributed by atoms with Crippen LogP contribution in [0, 0.1) is 13.1 Å². The summed E-state index contributed by atoms with van der Waals surface area (Å²) >= 11 is 0.138. The van der Waals surface area contributed by atoms with Gasteiger partial charge in [0.1, 0.15) is 0 Å². The summed E-state index contributed by atoms with van der Waals surface area (Å²) in [7, 11) is 0. The van der Waals surface area contributed by atoms with Crippen molar-refractivity contribution in [1.29, 1.82) is 0 Å². The van der Waals surface area contributed by atoms with Crippen LogP contribution < -0.4 is 0 Å². The SMILES string of the molecule is [C-]#[N+]c1sc(C=O)c(C(F)(F)C(F)(F)F)c1[N+]#[C-]. The maximum Gasteiger partial charge on any atom is 0.456 e. The van der Waals surface area contributed by atoms with E-state index in [-0.39, 0.29) is 17.6 Å². The number of carbonyl (C=O) groups excluding carboxylic acids is 1. The van der Waals surface area contributed by atoms with Gasteiger partial charge in [-0.25, -0.2) is 9.69 Å². The molecular weight excluding hydrogens is 279 g/mol. The van der Waals surface area contributed by atoms with Gasteiger partial charge < -0.3 is 0 Å². The number of nitrogens with zero attached hydrogens (tertiary/aromatic N) is 2. The fraction of sp³-hybridized carbons (Fsp3) is 0.222. The van der Waals surface area contributed by atoms with Crippen molar-refractivity contribution in [3.05, 3.63) is 33.3 Å². The van der Waals surface area contributed by atoms with Gasteiger partial charge in [-0.05, 0) is 0 Å². The van der Waals surface area contributed by atoms with Crippen LogP contribution in [0.4, 0.5) is 32.6 Å². The standard InChI is InChI=1S/C9HF5N2OS/c1-15-6-5(8(10,11)9(12,13)14)4(3-17)18-7(6)16-2/h3H. The molecule has 0 N–H and O–H groups in total. The number of aldehydes is 1. The lowest BCUT2D eigenvalue weighted by Gasteiger charge is -2.20. The summed E-state index contributed by atoms with van der Waals surface area (Å²) in [5.41, 5.74) is -2.87. The van der Waals surface area contributed by atoms with Crippen molar-refractivity contribution >= 4 is 28.3 Å². The van der Waals surface area contributed by atoms with E-state index in [0.29, 0.717) is 0 Å². The molecule has 0 unspecified atom stereocenters. The molecule has 0 aliphatic rings. The number of hydrogen-bond acceptors (Lipinski definition) is 2. The first kappa shape index (κ1) is 14.1. The van der Waals surface area contributed by atoms with Crippen molar-refractivity contribution in [3.8, 4) is 0 Å². The zero-order chi connectivity index (χ0) is 14.1. The molecule has 0 bridgehead atoms. The zero-order valence-electron chi connectivity index (χ0n) is 8.18. The molecule has 1 aromatic heterocycles. The molecule has 3 nitrogen and oxygen atoms in total. The van der Waals surface area contributed by atoms with Gasteiger partial charge in [0.15, 0.2) is 6.29 Å². The van der Waals surface area contributed by atoms with Crippen LogP contribution in [-0.4, -0.2) is 12.5 Å². The van der Waals surface area contributed by atoms with Crippen LogP contribution in [0.2, 0.25) is 0 Å². The third-order valence-electron chi connectivity index (χ3n) is 1.88. The molecule has 94 valence electrons. The van der Waals surface area contributed by atoms with Gasteiger partial charge in [-0.3, -0.25) is 4.79 Å². The molecular formula is C9HF5N2OS. The van der Waals surface area contributed by atoms with Crippen molar-refractivity contribution in [2.45, 2.75) is 12.1 Å². The highest BCUT2D eigenvalue weighted by molar-refractivity contribution is 7.18. The first-order valence-corrected chi connectivity index (χ1v) is 4.84. The van der Waals surface area contributed by atoms with Gasteiger partial charge in [0.25, 0.3) is 0 Å². The van der Waals surface area contributed by atoms with Gasteiger partial charge in [-0.1, -0.05) is 0 Å². The summed E-state index contributed by atoms with van der Waals surface area (Å²) in [6.45, 7) is 13.2. The molecule has 0 aliphatic carbocycles. The summed E-state index contributed by atoms with van der Waals surface area (Å²) in [5.74, 6) is -5.34. The van der Waals surface area contributed by atoms with Crippen molar-refractivity contribution in [1.82, 2.24) is 0 Å². The van der Waals surface area contributed by atoms with Gasteiger partial charge >= 0.3 is 12.1 Å². The third kappa shape index (κ3) is 1.93. The number of halogens is 5. The Morgan fingerprint density at radius 2 is 1.67 bits per heavy atom. The summed E-state index contributed by atoms with van der Waals surface area (Å²) in [4.78, 5) is 14.7. The fourth-order valence-corrected chi connectivity index (χ4v) is 2.01. The van der Waals surface area contributed by atoms with E-state index >= 15 is 0 Å². The lowest BCUT2D eigenvalue weighted by Crippen LogP contribution is -2.34. The summed E-state index contributed by atoms with van der Waals surface area (Å²) in [6, 6.07) is 0. The Bertz CT molecular complexity index is 575. The Hall–Kier alpha value is -2.00. The molecule has 1 heterocycles. The average Bonchev–Trinajstić information content (AvgIpc) is 2.65. The third-order valence-corrected chi connectivity index (χ3v) is 2.88. The average molecular weight is 280 g/mol. The van der Waals surface area contributed by atoms with E-state index < -0.39 is 33.2 Å². The molecule has 0 spiro atoms. The van der Waals surface area contributed by atoms with Crippen LogP contribution in [0.3, 0.4) is 0 Å². The summed E-state index contributed by atoms with van der Waals surface area (Å²) in [5, 5.41) is -0.661. The zero-order valence-corrected chi connectivity index (χ0v) is 8.99. The number of thiophene rings is 1. The molecule has 18 heavy (non-hydrogen) atoms. The van der Waals surface area contributed by atoms with E-state index in [4.69, 9.17) is 13.1 Å². The normalized spacial score (nSPS) is 11.7. The monoisotopic (exact) mass is 280 g/mol. The molecule has 0 atom stereocenters. The summed E-state index contributed by atoms with van der Waals surface area (Å²) in [6.07, 6.45) is -6.16. The van der Waals surface area contributed by atoms with Crippen molar-refractivity contribution in [2.24, 2.45) is 0 Å². The van der Waals surface area contributed by atoms with Gasteiger partial charge in [0.2, 0.25) is 10.7 Å². The van der Waals surface area contributed by atoms with Crippen molar-refractivity contribution < 1.29 is 26.7 Å². The van der Waals surface area contributed by atoms with Crippen LogP contribution >= 0.6 is 11.3 Å². The Morgan fingerprint density at radius 1 is 1.11 bits per heavy atom. The highest BCUT2D eigenvalue weighted by atomic mass is 32.1. The minimum atomic E-state index is -5.94. The lowest BCUT2D eigenvalue weighted by molar-refractivity contribution is -0.288. The second-order valence-corrected chi connectivity index (χ2v) is 3.94. The summed E-state index contributed by atoms with van der Waals surface area (Å²) < 4.78 is 63.0. The minimum Gasteiger partial charge on any atom is -0.297 e. The van der Waals surface area contributed by atoms with Crippen LogP contribution in [0.5, 0.6) is 0 Å². The van der Waals surface area contributed by atoms with Gasteiger partial charge in [-0.2, -0.15) is 33.3 Å². The van der Waals surface area contributed by atoms with Crippen LogP contribution in [-0.2, 0) is 5.92 Å². The van der Waals surface area contributed by atoms with Crippen molar-refractivity contribution in [2.75, 3.05) is 0 Å². The topological polar surface area (TPSA) is 25.8 Å². The maximum absolute atomic E-state index is 13.2. The Balaban J connectivity index is 3.70. The highest BCUT2D eigenvalue weighted by Crippen LogP contribution is 2.54. The molecule has 0 radical (unpaired) electrons. The van der Waals surface area contributed by atoms with Gasteiger partial charge in [-0.15, -0.1) is 0 Å². The Morgan fingerprint density at radius 3 is 2.00 bits per heavy atom. The first-order chi connectivity index (χ1) is 8.20. The molecule has 1 aromatic rings. The molecule has 0 aliphatic heterocycles. The largest absolute Gasteiger partial charge is 0.456 e. The van der Waals surface area contributed by atoms with E-state index in [2.05, 4.69) is 9.69 Å². The van der Waals surface area contributed by atoms with Crippen molar-refractivity contribution in [3.63, 3.8) is 0 Å². The first-order valence-electron chi connectivity index (χ1n) is 4.02. The number of rotatable bonds is 2. The molecule has 0 saturated carbocycles. The van der Waals surface area contributed by atoms with E-state index in [9.17, 15) is 26.7 Å². The highest BCUT2D eigenvalue weighted by Gasteiger charge is 2.61. The number of alkyl halides is 5. The Labute approximate surface area is 101 Å². The Kier molecular flexibility index (Phi) is 3.40. The molecule has 0 saturated heterocycles. The second-order valence-electron chi connectivity index (χ2n) is 2.91. The number of carbonyl (C=O) groups is 1. The molecule has 0 fully saturated rings. The predicted molar refractivity (Wildman–Crippen MR) is 52.2 cm³/mol. The second kappa shape index (κ2) is 4.35. The van der Waals surface area contributed by atoms with E-state index in [1.165, 1.54) is 0 Å². The molecule has 1 rings (SSSR count).